The number of Topliss-reactive ketones (excluding diaryl/α,β-unsaturated/α-hetero) is 1. The molecule has 0 aliphatic rings. The van der Waals surface area contributed by atoms with Crippen LogP contribution in [-0.2, 0) is 4.79 Å². The third kappa shape index (κ3) is 5.95. The third-order valence-corrected chi connectivity index (χ3v) is 2.69. The largest absolute Gasteiger partial charge is 0.299 e. The quantitative estimate of drug-likeness (QED) is 0.400. The van der Waals surface area contributed by atoms with E-state index in [2.05, 4.69) is 20.4 Å². The minimum absolute atomic E-state index is 0.319. The lowest BCUT2D eigenvalue weighted by atomic mass is 9.92. The Morgan fingerprint density at radius 2 is 2.07 bits per heavy atom. The smallest absolute Gasteiger partial charge is 0.135 e. The molecule has 0 aliphatic heterocycles. The molecular formula is C13H24O. The lowest BCUT2D eigenvalue weighted by Crippen LogP contribution is -2.13. The van der Waals surface area contributed by atoms with Crippen molar-refractivity contribution in [1.82, 2.24) is 0 Å². The third-order valence-electron chi connectivity index (χ3n) is 2.69. The summed E-state index contributed by atoms with van der Waals surface area (Å²) in [5, 5.41) is 0. The van der Waals surface area contributed by atoms with Crippen molar-refractivity contribution in [2.75, 3.05) is 0 Å². The van der Waals surface area contributed by atoms with Gasteiger partial charge in [-0.3, -0.25) is 4.79 Å². The molecule has 0 fully saturated rings. The van der Waals surface area contributed by atoms with Crippen LogP contribution in [0.25, 0.3) is 0 Å². The summed E-state index contributed by atoms with van der Waals surface area (Å²) in [6.45, 7) is 7.95. The standard InChI is InChI=1S/C13H24O/c1-4-7-9-11-13(14)12(6-3)10-8-5-2/h4,12H,1,5-11H2,2-3H3. The molecular weight excluding hydrogens is 172 g/mol. The number of ketones is 1. The summed E-state index contributed by atoms with van der Waals surface area (Å²) < 4.78 is 0. The number of unbranched alkanes of at least 4 members (excludes halogenated alkanes) is 2. The number of hydrogen-bond donors (Lipinski definition) is 0. The van der Waals surface area contributed by atoms with Gasteiger partial charge in [0.25, 0.3) is 0 Å². The van der Waals surface area contributed by atoms with Gasteiger partial charge in [0.2, 0.25) is 0 Å². The highest BCUT2D eigenvalue weighted by molar-refractivity contribution is 5.80. The van der Waals surface area contributed by atoms with E-state index < -0.39 is 0 Å². The summed E-state index contributed by atoms with van der Waals surface area (Å²) in [7, 11) is 0. The first kappa shape index (κ1) is 13.4. The Labute approximate surface area is 88.6 Å². The number of hydrogen-bond acceptors (Lipinski definition) is 1. The fraction of sp³-hybridized carbons (Fsp3) is 0.769. The monoisotopic (exact) mass is 196 g/mol. The molecule has 0 saturated carbocycles. The van der Waals surface area contributed by atoms with Crippen LogP contribution in [0, 0.1) is 5.92 Å². The second-order valence-electron chi connectivity index (χ2n) is 3.89. The normalized spacial score (nSPS) is 12.4. The Hall–Kier alpha value is -0.590. The van der Waals surface area contributed by atoms with E-state index in [-0.39, 0.29) is 0 Å². The molecule has 0 heterocycles. The summed E-state index contributed by atoms with van der Waals surface area (Å²) in [6, 6.07) is 0. The van der Waals surface area contributed by atoms with Gasteiger partial charge in [-0.15, -0.1) is 6.58 Å². The van der Waals surface area contributed by atoms with Gasteiger partial charge < -0.3 is 0 Å². The Balaban J connectivity index is 3.73. The van der Waals surface area contributed by atoms with Crippen molar-refractivity contribution in [2.24, 2.45) is 5.92 Å². The van der Waals surface area contributed by atoms with Gasteiger partial charge in [-0.1, -0.05) is 32.8 Å². The Morgan fingerprint density at radius 1 is 1.36 bits per heavy atom. The molecule has 0 spiro atoms. The summed E-state index contributed by atoms with van der Waals surface area (Å²) in [6.07, 6.45) is 9.05. The molecule has 0 bridgehead atoms. The minimum atomic E-state index is 0.319. The van der Waals surface area contributed by atoms with Gasteiger partial charge >= 0.3 is 0 Å². The lowest BCUT2D eigenvalue weighted by molar-refractivity contribution is -0.123. The van der Waals surface area contributed by atoms with Crippen LogP contribution in [-0.4, -0.2) is 5.78 Å². The van der Waals surface area contributed by atoms with E-state index in [1.54, 1.807) is 0 Å². The highest BCUT2D eigenvalue weighted by Gasteiger charge is 2.14. The van der Waals surface area contributed by atoms with Crippen molar-refractivity contribution in [1.29, 1.82) is 0 Å². The minimum Gasteiger partial charge on any atom is -0.299 e. The van der Waals surface area contributed by atoms with Gasteiger partial charge in [-0.25, -0.2) is 0 Å². The zero-order valence-electron chi connectivity index (χ0n) is 9.72. The van der Waals surface area contributed by atoms with Crippen LogP contribution in [0.2, 0.25) is 0 Å². The van der Waals surface area contributed by atoms with Gasteiger partial charge in [0.15, 0.2) is 0 Å². The average molecular weight is 196 g/mol. The topological polar surface area (TPSA) is 17.1 Å². The van der Waals surface area contributed by atoms with Crippen LogP contribution < -0.4 is 0 Å². The van der Waals surface area contributed by atoms with Gasteiger partial charge in [0.1, 0.15) is 5.78 Å². The maximum Gasteiger partial charge on any atom is 0.135 e. The number of allylic oxidation sites excluding steroid dienone is 1. The zero-order valence-corrected chi connectivity index (χ0v) is 9.72. The van der Waals surface area contributed by atoms with Crippen LogP contribution in [0.15, 0.2) is 12.7 Å². The molecule has 0 aromatic carbocycles. The van der Waals surface area contributed by atoms with Crippen molar-refractivity contribution in [3.63, 3.8) is 0 Å². The van der Waals surface area contributed by atoms with Gasteiger partial charge in [-0.05, 0) is 25.7 Å². The van der Waals surface area contributed by atoms with E-state index in [1.165, 1.54) is 12.8 Å². The summed E-state index contributed by atoms with van der Waals surface area (Å²) in [5.41, 5.74) is 0. The van der Waals surface area contributed by atoms with Gasteiger partial charge in [0.05, 0.1) is 0 Å². The first-order valence-corrected chi connectivity index (χ1v) is 5.89. The maximum atomic E-state index is 11.7. The van der Waals surface area contributed by atoms with E-state index in [9.17, 15) is 4.79 Å². The summed E-state index contributed by atoms with van der Waals surface area (Å²) >= 11 is 0. The van der Waals surface area contributed by atoms with E-state index >= 15 is 0 Å². The fourth-order valence-electron chi connectivity index (χ4n) is 1.67. The molecule has 0 aromatic rings. The summed E-state index contributed by atoms with van der Waals surface area (Å²) in [5.74, 6) is 0.780. The van der Waals surface area contributed by atoms with Crippen molar-refractivity contribution in [2.45, 2.75) is 58.8 Å². The Bertz CT molecular complexity index is 161. The Morgan fingerprint density at radius 3 is 2.57 bits per heavy atom. The molecule has 0 aliphatic carbocycles. The molecule has 1 heteroatoms. The molecule has 0 N–H and O–H groups in total. The van der Waals surface area contributed by atoms with Crippen molar-refractivity contribution in [3.8, 4) is 0 Å². The Kier molecular flexibility index (Phi) is 8.61. The van der Waals surface area contributed by atoms with E-state index in [4.69, 9.17) is 0 Å². The SMILES string of the molecule is C=CCCCC(=O)C(CC)CCCC. The van der Waals surface area contributed by atoms with E-state index in [0.29, 0.717) is 11.7 Å². The predicted octanol–water partition coefficient (Wildman–Crippen LogP) is 4.13. The van der Waals surface area contributed by atoms with E-state index in [0.717, 1.165) is 32.1 Å². The zero-order chi connectivity index (χ0) is 10.8. The van der Waals surface area contributed by atoms with Crippen LogP contribution in [0.4, 0.5) is 0 Å². The molecule has 0 rings (SSSR count). The second-order valence-corrected chi connectivity index (χ2v) is 3.89. The molecule has 82 valence electrons. The molecule has 0 amide bonds. The highest BCUT2D eigenvalue weighted by atomic mass is 16.1. The average Bonchev–Trinajstić information content (AvgIpc) is 2.19. The fourth-order valence-corrected chi connectivity index (χ4v) is 1.67. The van der Waals surface area contributed by atoms with Crippen molar-refractivity contribution >= 4 is 5.78 Å². The molecule has 1 unspecified atom stereocenters. The van der Waals surface area contributed by atoms with Gasteiger partial charge in [-0.2, -0.15) is 0 Å². The van der Waals surface area contributed by atoms with Crippen LogP contribution >= 0.6 is 0 Å². The molecule has 1 nitrogen and oxygen atoms in total. The van der Waals surface area contributed by atoms with Crippen LogP contribution in [0.5, 0.6) is 0 Å². The number of carbonyl (C=O) groups excluding carboxylic acids is 1. The first-order chi connectivity index (χ1) is 6.76. The molecule has 0 saturated heterocycles. The van der Waals surface area contributed by atoms with Crippen LogP contribution in [0.3, 0.4) is 0 Å². The lowest BCUT2D eigenvalue weighted by Gasteiger charge is -2.12. The second kappa shape index (κ2) is 8.98. The van der Waals surface area contributed by atoms with E-state index in [1.807, 2.05) is 6.08 Å². The van der Waals surface area contributed by atoms with Gasteiger partial charge in [0, 0.05) is 12.3 Å². The van der Waals surface area contributed by atoms with Crippen molar-refractivity contribution in [3.05, 3.63) is 12.7 Å². The predicted molar refractivity (Wildman–Crippen MR) is 62.4 cm³/mol. The molecule has 14 heavy (non-hydrogen) atoms. The highest BCUT2D eigenvalue weighted by Crippen LogP contribution is 2.16. The van der Waals surface area contributed by atoms with Crippen LogP contribution in [0.1, 0.15) is 58.8 Å². The summed E-state index contributed by atoms with van der Waals surface area (Å²) in [4.78, 5) is 11.7. The van der Waals surface area contributed by atoms with Crippen molar-refractivity contribution < 1.29 is 4.79 Å². The maximum absolute atomic E-state index is 11.7. The molecule has 0 aromatic heterocycles. The number of carbonyl (C=O) groups is 1. The number of rotatable bonds is 9. The molecule has 0 radical (unpaired) electrons. The first-order valence-electron chi connectivity index (χ1n) is 5.89. The molecule has 1 atom stereocenters.